The highest BCUT2D eigenvalue weighted by atomic mass is 16.2. The maximum Gasteiger partial charge on any atom is 0.256 e. The third-order valence-corrected chi connectivity index (χ3v) is 6.21. The van der Waals surface area contributed by atoms with E-state index in [0.717, 1.165) is 58.5 Å². The first-order chi connectivity index (χ1) is 15.6. The molecule has 0 unspecified atom stereocenters. The largest absolute Gasteiger partial charge is 0.387 e. The highest BCUT2D eigenvalue weighted by Crippen LogP contribution is 2.38. The van der Waals surface area contributed by atoms with Gasteiger partial charge in [-0.3, -0.25) is 9.89 Å². The van der Waals surface area contributed by atoms with Gasteiger partial charge in [0.2, 0.25) is 0 Å². The van der Waals surface area contributed by atoms with Crippen molar-refractivity contribution >= 4 is 28.1 Å². The van der Waals surface area contributed by atoms with Crippen molar-refractivity contribution in [2.45, 2.75) is 13.0 Å². The summed E-state index contributed by atoms with van der Waals surface area (Å²) in [5, 5.41) is 24.4. The van der Waals surface area contributed by atoms with Crippen molar-refractivity contribution in [2.75, 3.05) is 32.0 Å². The lowest BCUT2D eigenvalue weighted by molar-refractivity contribution is 0.0794. The Morgan fingerprint density at radius 3 is 2.97 bits per heavy atom. The second kappa shape index (κ2) is 7.98. The number of hydrogen-bond donors (Lipinski definition) is 3. The number of nitrogens with one attached hydrogen (secondary N) is 3. The molecule has 0 saturated carbocycles. The molecule has 0 radical (unpaired) electrons. The zero-order valence-corrected chi connectivity index (χ0v) is 18.0. The Hall–Kier alpha value is -3.89. The Morgan fingerprint density at radius 1 is 1.34 bits per heavy atom. The van der Waals surface area contributed by atoms with E-state index in [0.29, 0.717) is 17.7 Å². The molecule has 2 aliphatic rings. The molecular weight excluding hydrogens is 400 g/mol. The predicted molar refractivity (Wildman–Crippen MR) is 126 cm³/mol. The molecule has 3 N–H and O–H groups in total. The highest BCUT2D eigenvalue weighted by molar-refractivity contribution is 6.06. The molecule has 0 spiro atoms. The molecule has 5 rings (SSSR count). The smallest absolute Gasteiger partial charge is 0.256 e. The van der Waals surface area contributed by atoms with Crippen molar-refractivity contribution in [3.8, 4) is 17.2 Å². The number of H-pyrrole nitrogens is 1. The fourth-order valence-corrected chi connectivity index (χ4v) is 4.61. The number of hydrogen-bond acceptors (Lipinski definition) is 5. The Kier molecular flexibility index (Phi) is 5.00. The molecule has 3 aromatic rings. The molecule has 1 amide bonds. The molecule has 7 heteroatoms. The molecule has 0 aliphatic carbocycles. The number of nitrogens with zero attached hydrogens (tertiary/aromatic N) is 3. The van der Waals surface area contributed by atoms with Crippen molar-refractivity contribution in [3.63, 3.8) is 0 Å². The van der Waals surface area contributed by atoms with E-state index < -0.39 is 0 Å². The zero-order valence-electron chi connectivity index (χ0n) is 18.0. The monoisotopic (exact) mass is 424 g/mol. The summed E-state index contributed by atoms with van der Waals surface area (Å²) in [7, 11) is 1.82. The number of benzene rings is 2. The van der Waals surface area contributed by atoms with Crippen LogP contribution >= 0.6 is 0 Å². The van der Waals surface area contributed by atoms with Crippen LogP contribution in [0, 0.1) is 11.3 Å². The first kappa shape index (κ1) is 20.0. The first-order valence-electron chi connectivity index (χ1n) is 10.7. The van der Waals surface area contributed by atoms with Gasteiger partial charge in [0.15, 0.2) is 0 Å². The number of rotatable bonds is 5. The molecule has 3 heterocycles. The molecule has 2 aromatic carbocycles. The average molecular weight is 425 g/mol. The lowest BCUT2D eigenvalue weighted by Gasteiger charge is -2.14. The van der Waals surface area contributed by atoms with Crippen LogP contribution in [0.1, 0.15) is 28.0 Å². The third kappa shape index (κ3) is 3.26. The van der Waals surface area contributed by atoms with E-state index in [4.69, 9.17) is 5.26 Å². The number of carbonyl (C=O) groups excluding carboxylic acids is 1. The summed E-state index contributed by atoms with van der Waals surface area (Å²) in [6, 6.07) is 12.3. The number of carbonyl (C=O) groups is 1. The van der Waals surface area contributed by atoms with Gasteiger partial charge in [0.25, 0.3) is 5.91 Å². The molecule has 0 bridgehead atoms. The normalized spacial score (nSPS) is 15.4. The van der Waals surface area contributed by atoms with Crippen LogP contribution < -0.4 is 10.6 Å². The van der Waals surface area contributed by atoms with Crippen LogP contribution in [-0.2, 0) is 6.54 Å². The van der Waals surface area contributed by atoms with Crippen molar-refractivity contribution in [1.29, 1.82) is 5.26 Å². The summed E-state index contributed by atoms with van der Waals surface area (Å²) >= 11 is 0. The van der Waals surface area contributed by atoms with Gasteiger partial charge in [0, 0.05) is 36.8 Å². The van der Waals surface area contributed by atoms with Crippen LogP contribution in [0.2, 0.25) is 0 Å². The molecule has 1 aromatic heterocycles. The van der Waals surface area contributed by atoms with Gasteiger partial charge < -0.3 is 15.5 Å². The molecule has 0 fully saturated rings. The van der Waals surface area contributed by atoms with Gasteiger partial charge in [0.1, 0.15) is 0 Å². The number of amides is 1. The number of aromatic nitrogens is 2. The van der Waals surface area contributed by atoms with Gasteiger partial charge in [0.05, 0.1) is 29.4 Å². The summed E-state index contributed by atoms with van der Waals surface area (Å²) in [6.45, 7) is 6.24. The lowest BCUT2D eigenvalue weighted by atomic mass is 9.94. The Labute approximate surface area is 186 Å². The van der Waals surface area contributed by atoms with E-state index in [2.05, 4.69) is 51.7 Å². The Bertz CT molecular complexity index is 1330. The molecule has 160 valence electrons. The van der Waals surface area contributed by atoms with E-state index in [1.165, 1.54) is 5.57 Å². The summed E-state index contributed by atoms with van der Waals surface area (Å²) in [6.07, 6.45) is 3.15. The summed E-state index contributed by atoms with van der Waals surface area (Å²) < 4.78 is 0. The molecule has 7 nitrogen and oxygen atoms in total. The minimum atomic E-state index is -0.0764. The summed E-state index contributed by atoms with van der Waals surface area (Å²) in [5.74, 6) is -0.0764. The number of fused-ring (bicyclic) bond motifs is 2. The number of anilines is 1. The van der Waals surface area contributed by atoms with Gasteiger partial charge in [-0.25, -0.2) is 0 Å². The average Bonchev–Trinajstić information content (AvgIpc) is 3.40. The fourth-order valence-electron chi connectivity index (χ4n) is 4.61. The molecule has 0 atom stereocenters. The van der Waals surface area contributed by atoms with Crippen molar-refractivity contribution < 1.29 is 4.79 Å². The maximum atomic E-state index is 13.2. The summed E-state index contributed by atoms with van der Waals surface area (Å²) in [4.78, 5) is 14.8. The number of aromatic amines is 1. The van der Waals surface area contributed by atoms with Crippen LogP contribution in [0.4, 0.5) is 5.69 Å². The van der Waals surface area contributed by atoms with Gasteiger partial charge in [-0.2, -0.15) is 10.4 Å². The van der Waals surface area contributed by atoms with Gasteiger partial charge in [-0.05, 0) is 53.4 Å². The van der Waals surface area contributed by atoms with Crippen LogP contribution in [0.15, 0.2) is 48.6 Å². The lowest BCUT2D eigenvalue weighted by Crippen LogP contribution is -2.26. The van der Waals surface area contributed by atoms with Crippen molar-refractivity contribution in [1.82, 2.24) is 20.4 Å². The minimum absolute atomic E-state index is 0.0764. The van der Waals surface area contributed by atoms with Crippen molar-refractivity contribution in [3.05, 3.63) is 65.4 Å². The van der Waals surface area contributed by atoms with Crippen LogP contribution in [0.3, 0.4) is 0 Å². The van der Waals surface area contributed by atoms with E-state index in [9.17, 15) is 4.79 Å². The van der Waals surface area contributed by atoms with Crippen LogP contribution in [-0.4, -0.2) is 47.7 Å². The summed E-state index contributed by atoms with van der Waals surface area (Å²) in [5.41, 5.74) is 8.11. The number of nitriles is 1. The van der Waals surface area contributed by atoms with Gasteiger partial charge >= 0.3 is 0 Å². The van der Waals surface area contributed by atoms with E-state index in [1.807, 2.05) is 25.2 Å². The third-order valence-electron chi connectivity index (χ3n) is 6.21. The fraction of sp³-hybridized carbons (Fsp3) is 0.240. The molecule has 0 saturated heterocycles. The highest BCUT2D eigenvalue weighted by Gasteiger charge is 2.32. The predicted octanol–water partition coefficient (Wildman–Crippen LogP) is 3.68. The zero-order chi connectivity index (χ0) is 22.2. The van der Waals surface area contributed by atoms with Crippen LogP contribution in [0.25, 0.3) is 27.6 Å². The molecule has 2 aliphatic heterocycles. The Morgan fingerprint density at radius 2 is 2.22 bits per heavy atom. The second-order valence-electron chi connectivity index (χ2n) is 8.16. The second-order valence-corrected chi connectivity index (χ2v) is 8.16. The van der Waals surface area contributed by atoms with Gasteiger partial charge in [-0.1, -0.05) is 24.8 Å². The van der Waals surface area contributed by atoms with E-state index >= 15 is 0 Å². The maximum absolute atomic E-state index is 13.2. The first-order valence-corrected chi connectivity index (χ1v) is 10.7. The molecular formula is C25H24N6O. The quantitative estimate of drug-likeness (QED) is 0.543. The van der Waals surface area contributed by atoms with E-state index in [1.54, 1.807) is 4.90 Å². The van der Waals surface area contributed by atoms with Crippen molar-refractivity contribution in [2.24, 2.45) is 0 Å². The Balaban J connectivity index is 1.61. The van der Waals surface area contributed by atoms with Gasteiger partial charge in [-0.15, -0.1) is 0 Å². The van der Waals surface area contributed by atoms with Crippen LogP contribution in [0.5, 0.6) is 0 Å². The topological polar surface area (TPSA) is 96.8 Å². The van der Waals surface area contributed by atoms with E-state index in [-0.39, 0.29) is 12.5 Å². The SMILES string of the molecule is C=C(C#N)CN1Cc2c(-c3ccc4[nH]nc(C5=CCNCC5)c4c3)ccc(NC)c2C1=O. The minimum Gasteiger partial charge on any atom is -0.387 e. The standard InChI is InChI=1S/C25H24N6O/c1-15(12-26)13-31-14-20-18(4-6-22(27-2)23(20)25(31)32)17-3-5-21-19(11-17)24(30-29-21)16-7-9-28-10-8-16/h3-7,11,27-28H,1,8-10,13-14H2,2H3,(H,29,30). The molecule has 32 heavy (non-hydrogen) atoms.